The Balaban J connectivity index is 1.57. The van der Waals surface area contributed by atoms with Crippen molar-refractivity contribution < 1.29 is 19.7 Å². The summed E-state index contributed by atoms with van der Waals surface area (Å²) in [5.41, 5.74) is 7.87. The van der Waals surface area contributed by atoms with Crippen LogP contribution in [0.3, 0.4) is 0 Å². The summed E-state index contributed by atoms with van der Waals surface area (Å²) in [6, 6.07) is 24.7. The molecule has 0 heterocycles. The Morgan fingerprint density at radius 1 is 0.867 bits per heavy atom. The minimum Gasteiger partial charge on any atom is -0.489 e. The lowest BCUT2D eigenvalue weighted by Gasteiger charge is -2.21. The molecule has 3 rings (SSSR count). The molecule has 0 aliphatic heterocycles. The topological polar surface area (TPSA) is 84.9 Å². The third-order valence-corrected chi connectivity index (χ3v) is 5.04. The van der Waals surface area contributed by atoms with Gasteiger partial charge in [-0.2, -0.15) is 0 Å². The summed E-state index contributed by atoms with van der Waals surface area (Å²) in [5, 5.41) is 19.1. The van der Waals surface area contributed by atoms with Gasteiger partial charge in [-0.15, -0.1) is 0 Å². The highest BCUT2D eigenvalue weighted by atomic mass is 16.5. The van der Waals surface area contributed by atoms with E-state index in [1.807, 2.05) is 85.8 Å². The summed E-state index contributed by atoms with van der Waals surface area (Å²) in [7, 11) is 0. The number of ether oxygens (including phenoxy) is 2. The van der Waals surface area contributed by atoms with Crippen molar-refractivity contribution in [3.8, 4) is 17.2 Å². The lowest BCUT2D eigenvalue weighted by molar-refractivity contribution is 0.0965. The standard InChI is InChI=1S/C25H29NO4/c1-18(14-25(28)24(26)16-27)20-10-12-21(13-11-20)30-23-9-5-8-22(15-23)29-17-19-6-3-2-4-7-19/h2-13,15,18,24-25,27-28H,14,16-17,26H2,1H3. The summed E-state index contributed by atoms with van der Waals surface area (Å²) in [6.45, 7) is 2.30. The van der Waals surface area contributed by atoms with Crippen molar-refractivity contribution in [2.24, 2.45) is 5.73 Å². The maximum Gasteiger partial charge on any atom is 0.131 e. The first kappa shape index (κ1) is 21.8. The SMILES string of the molecule is CC(CC(O)C(N)CO)c1ccc(Oc2cccc(OCc3ccccc3)c2)cc1. The maximum absolute atomic E-state index is 10.0. The van der Waals surface area contributed by atoms with Gasteiger partial charge in [0.25, 0.3) is 0 Å². The maximum atomic E-state index is 10.0. The summed E-state index contributed by atoms with van der Waals surface area (Å²) in [6.07, 6.45) is -0.248. The first-order valence-corrected chi connectivity index (χ1v) is 10.1. The van der Waals surface area contributed by atoms with Crippen LogP contribution in [0.5, 0.6) is 17.2 Å². The third kappa shape index (κ3) is 6.32. The Labute approximate surface area is 177 Å². The molecule has 3 atom stereocenters. The van der Waals surface area contributed by atoms with Crippen molar-refractivity contribution >= 4 is 0 Å². The second-order valence-corrected chi connectivity index (χ2v) is 7.47. The van der Waals surface area contributed by atoms with Crippen LogP contribution in [-0.4, -0.2) is 29.0 Å². The van der Waals surface area contributed by atoms with E-state index in [2.05, 4.69) is 0 Å². The van der Waals surface area contributed by atoms with E-state index in [0.29, 0.717) is 18.8 Å². The Kier molecular flexibility index (Phi) is 7.85. The van der Waals surface area contributed by atoms with E-state index in [0.717, 1.165) is 22.6 Å². The molecule has 3 aromatic carbocycles. The highest BCUT2D eigenvalue weighted by Crippen LogP contribution is 2.28. The van der Waals surface area contributed by atoms with Crippen LogP contribution < -0.4 is 15.2 Å². The van der Waals surface area contributed by atoms with E-state index >= 15 is 0 Å². The molecule has 0 aromatic heterocycles. The van der Waals surface area contributed by atoms with Gasteiger partial charge in [-0.3, -0.25) is 0 Å². The molecule has 0 fully saturated rings. The Bertz CT molecular complexity index is 899. The second-order valence-electron chi connectivity index (χ2n) is 7.47. The number of benzene rings is 3. The van der Waals surface area contributed by atoms with Crippen LogP contribution in [0.4, 0.5) is 0 Å². The molecule has 0 aliphatic carbocycles. The summed E-state index contributed by atoms with van der Waals surface area (Å²) in [4.78, 5) is 0. The lowest BCUT2D eigenvalue weighted by atomic mass is 9.92. The van der Waals surface area contributed by atoms with E-state index in [1.54, 1.807) is 0 Å². The molecule has 5 heteroatoms. The number of hydrogen-bond donors (Lipinski definition) is 3. The molecule has 0 radical (unpaired) electrons. The van der Waals surface area contributed by atoms with Gasteiger partial charge in [0.1, 0.15) is 23.9 Å². The number of rotatable bonds is 10. The predicted molar refractivity (Wildman–Crippen MR) is 118 cm³/mol. The van der Waals surface area contributed by atoms with Crippen LogP contribution >= 0.6 is 0 Å². The molecular weight excluding hydrogens is 378 g/mol. The predicted octanol–water partition coefficient (Wildman–Crippen LogP) is 4.23. The first-order valence-electron chi connectivity index (χ1n) is 10.1. The first-order chi connectivity index (χ1) is 14.5. The van der Waals surface area contributed by atoms with Crippen molar-refractivity contribution in [3.05, 3.63) is 90.0 Å². The van der Waals surface area contributed by atoms with Crippen LogP contribution in [0.1, 0.15) is 30.4 Å². The number of aliphatic hydroxyl groups excluding tert-OH is 2. The quantitative estimate of drug-likeness (QED) is 0.468. The van der Waals surface area contributed by atoms with Gasteiger partial charge >= 0.3 is 0 Å². The van der Waals surface area contributed by atoms with Crippen molar-refractivity contribution in [2.45, 2.75) is 38.0 Å². The zero-order valence-electron chi connectivity index (χ0n) is 17.1. The van der Waals surface area contributed by atoms with Gasteiger partial charge in [-0.05, 0) is 47.7 Å². The Morgan fingerprint density at radius 2 is 1.57 bits per heavy atom. The molecule has 0 saturated carbocycles. The van der Waals surface area contributed by atoms with Gasteiger partial charge in [0, 0.05) is 6.07 Å². The number of aliphatic hydroxyl groups is 2. The van der Waals surface area contributed by atoms with E-state index in [1.165, 1.54) is 0 Å². The fourth-order valence-electron chi connectivity index (χ4n) is 3.16. The molecule has 4 N–H and O–H groups in total. The van der Waals surface area contributed by atoms with Crippen LogP contribution in [0.2, 0.25) is 0 Å². The molecule has 0 saturated heterocycles. The summed E-state index contributed by atoms with van der Waals surface area (Å²) < 4.78 is 11.8. The van der Waals surface area contributed by atoms with Crippen molar-refractivity contribution in [1.29, 1.82) is 0 Å². The van der Waals surface area contributed by atoms with E-state index in [9.17, 15) is 5.11 Å². The van der Waals surface area contributed by atoms with E-state index < -0.39 is 12.1 Å². The van der Waals surface area contributed by atoms with Crippen LogP contribution in [0, 0.1) is 0 Å². The van der Waals surface area contributed by atoms with E-state index in [-0.39, 0.29) is 12.5 Å². The largest absolute Gasteiger partial charge is 0.489 e. The average Bonchev–Trinajstić information content (AvgIpc) is 2.78. The number of nitrogens with two attached hydrogens (primary N) is 1. The van der Waals surface area contributed by atoms with Gasteiger partial charge in [0.05, 0.1) is 18.8 Å². The lowest BCUT2D eigenvalue weighted by Crippen LogP contribution is -2.38. The molecule has 3 unspecified atom stereocenters. The normalized spacial score (nSPS) is 14.0. The molecular formula is C25H29NO4. The van der Waals surface area contributed by atoms with Crippen LogP contribution in [-0.2, 0) is 6.61 Å². The van der Waals surface area contributed by atoms with Crippen LogP contribution in [0.25, 0.3) is 0 Å². The summed E-state index contributed by atoms with van der Waals surface area (Å²) >= 11 is 0. The Hall–Kier alpha value is -2.86. The molecule has 158 valence electrons. The van der Waals surface area contributed by atoms with Crippen molar-refractivity contribution in [3.63, 3.8) is 0 Å². The minimum absolute atomic E-state index is 0.112. The zero-order valence-corrected chi connectivity index (χ0v) is 17.1. The van der Waals surface area contributed by atoms with Crippen molar-refractivity contribution in [1.82, 2.24) is 0 Å². The minimum atomic E-state index is -0.737. The summed E-state index contributed by atoms with van der Waals surface area (Å²) in [5.74, 6) is 2.28. The van der Waals surface area contributed by atoms with Gasteiger partial charge in [-0.1, -0.05) is 55.5 Å². The molecule has 0 amide bonds. The molecule has 5 nitrogen and oxygen atoms in total. The highest BCUT2D eigenvalue weighted by molar-refractivity contribution is 5.38. The average molecular weight is 408 g/mol. The van der Waals surface area contributed by atoms with Gasteiger partial charge in [0.15, 0.2) is 0 Å². The monoisotopic (exact) mass is 407 g/mol. The third-order valence-electron chi connectivity index (χ3n) is 5.04. The van der Waals surface area contributed by atoms with E-state index in [4.69, 9.17) is 20.3 Å². The molecule has 3 aromatic rings. The van der Waals surface area contributed by atoms with Gasteiger partial charge < -0.3 is 25.4 Å². The van der Waals surface area contributed by atoms with Crippen molar-refractivity contribution in [2.75, 3.05) is 6.61 Å². The Morgan fingerprint density at radius 3 is 2.27 bits per heavy atom. The fourth-order valence-corrected chi connectivity index (χ4v) is 3.16. The van der Waals surface area contributed by atoms with Gasteiger partial charge in [-0.25, -0.2) is 0 Å². The fraction of sp³-hybridized carbons (Fsp3) is 0.280. The number of hydrogen-bond acceptors (Lipinski definition) is 5. The molecule has 0 aliphatic rings. The second kappa shape index (κ2) is 10.8. The van der Waals surface area contributed by atoms with Gasteiger partial charge in [0.2, 0.25) is 0 Å². The highest BCUT2D eigenvalue weighted by Gasteiger charge is 2.18. The molecule has 30 heavy (non-hydrogen) atoms. The molecule has 0 spiro atoms. The molecule has 0 bridgehead atoms. The van der Waals surface area contributed by atoms with Crippen LogP contribution in [0.15, 0.2) is 78.9 Å². The zero-order chi connectivity index (χ0) is 21.3. The smallest absolute Gasteiger partial charge is 0.131 e.